The number of hydrazone groups is 1. The molecule has 1 aromatic carbocycles. The standard InChI is InChI=1S/C17H18F2N8.C5H11N/c1-9-3-4-13(15(19)14(9)18)27(22)17(25-21)12-5-10(6-23-16(12)20)11-7-24-26(2)8-11;1-2-4-6-5-3-1/h3-8H,21-22H2,1-2H3,(H2,20,23);6H,1-5H2/b25-17-;. The summed E-state index contributed by atoms with van der Waals surface area (Å²) in [6, 6.07) is 4.37. The Kier molecular flexibility index (Phi) is 7.91. The molecule has 0 spiro atoms. The Morgan fingerprint density at radius 2 is 1.85 bits per heavy atom. The van der Waals surface area contributed by atoms with E-state index in [1.807, 2.05) is 0 Å². The predicted molar refractivity (Wildman–Crippen MR) is 126 cm³/mol. The topological polar surface area (TPSA) is 136 Å². The minimum Gasteiger partial charge on any atom is -0.383 e. The fraction of sp³-hybridized carbons (Fsp3) is 0.318. The fourth-order valence-electron chi connectivity index (χ4n) is 3.38. The molecule has 0 aliphatic carbocycles. The SMILES string of the molecule is C1CCNCC1.Cc1ccc(N(N)/C(=N\N)c2cc(-c3cnn(C)c3)cnc2N)c(F)c1F. The van der Waals surface area contributed by atoms with Crippen LogP contribution < -0.4 is 27.7 Å². The zero-order valence-corrected chi connectivity index (χ0v) is 18.7. The molecule has 1 fully saturated rings. The highest BCUT2D eigenvalue weighted by Gasteiger charge is 2.22. The van der Waals surface area contributed by atoms with Crippen LogP contribution in [0, 0.1) is 18.6 Å². The first kappa shape index (κ1) is 24.1. The van der Waals surface area contributed by atoms with E-state index in [2.05, 4.69) is 20.5 Å². The summed E-state index contributed by atoms with van der Waals surface area (Å²) in [4.78, 5) is 4.12. The first-order valence-corrected chi connectivity index (χ1v) is 10.6. The number of benzene rings is 1. The van der Waals surface area contributed by atoms with Crippen molar-refractivity contribution >= 4 is 17.3 Å². The maximum atomic E-state index is 14.3. The van der Waals surface area contributed by atoms with Crippen LogP contribution in [-0.4, -0.2) is 33.7 Å². The van der Waals surface area contributed by atoms with Gasteiger partial charge in [-0.2, -0.15) is 10.2 Å². The third-order valence-corrected chi connectivity index (χ3v) is 5.27. The van der Waals surface area contributed by atoms with E-state index < -0.39 is 11.6 Å². The quantitative estimate of drug-likeness (QED) is 0.205. The zero-order chi connectivity index (χ0) is 24.0. The fourth-order valence-corrected chi connectivity index (χ4v) is 3.38. The number of halogens is 2. The zero-order valence-electron chi connectivity index (χ0n) is 18.7. The van der Waals surface area contributed by atoms with Crippen LogP contribution in [0.25, 0.3) is 11.1 Å². The summed E-state index contributed by atoms with van der Waals surface area (Å²) >= 11 is 0. The van der Waals surface area contributed by atoms with E-state index in [0.717, 1.165) is 10.6 Å². The molecule has 33 heavy (non-hydrogen) atoms. The van der Waals surface area contributed by atoms with Gasteiger partial charge in [0.25, 0.3) is 0 Å². The lowest BCUT2D eigenvalue weighted by Crippen LogP contribution is -2.40. The van der Waals surface area contributed by atoms with Crippen molar-refractivity contribution in [1.29, 1.82) is 0 Å². The molecule has 1 aliphatic heterocycles. The summed E-state index contributed by atoms with van der Waals surface area (Å²) in [5.41, 5.74) is 7.57. The maximum absolute atomic E-state index is 14.3. The van der Waals surface area contributed by atoms with Crippen molar-refractivity contribution < 1.29 is 8.78 Å². The second-order valence-electron chi connectivity index (χ2n) is 7.72. The number of hydrogen-bond donors (Lipinski definition) is 4. The molecule has 0 radical (unpaired) electrons. The Hall–Kier alpha value is -3.57. The Labute approximate surface area is 191 Å². The number of amidine groups is 1. The van der Waals surface area contributed by atoms with Gasteiger partial charge in [-0.3, -0.25) is 9.69 Å². The first-order valence-electron chi connectivity index (χ1n) is 10.6. The Morgan fingerprint density at radius 3 is 2.39 bits per heavy atom. The normalized spacial score (nSPS) is 13.9. The minimum absolute atomic E-state index is 0.0760. The number of rotatable bonds is 3. The summed E-state index contributed by atoms with van der Waals surface area (Å²) in [6.07, 6.45) is 9.20. The van der Waals surface area contributed by atoms with Crippen LogP contribution in [0.5, 0.6) is 0 Å². The van der Waals surface area contributed by atoms with Gasteiger partial charge in [0.1, 0.15) is 5.82 Å². The molecular weight excluding hydrogens is 428 g/mol. The van der Waals surface area contributed by atoms with Gasteiger partial charge >= 0.3 is 0 Å². The van der Waals surface area contributed by atoms with Crippen LogP contribution in [-0.2, 0) is 7.05 Å². The van der Waals surface area contributed by atoms with E-state index >= 15 is 0 Å². The number of piperidine rings is 1. The molecule has 3 aromatic rings. The van der Waals surface area contributed by atoms with Crippen LogP contribution in [0.3, 0.4) is 0 Å². The number of aryl methyl sites for hydroxylation is 2. The van der Waals surface area contributed by atoms with E-state index in [1.165, 1.54) is 51.4 Å². The van der Waals surface area contributed by atoms with Crippen molar-refractivity contribution in [1.82, 2.24) is 20.1 Å². The molecule has 1 aliphatic rings. The summed E-state index contributed by atoms with van der Waals surface area (Å²) in [7, 11) is 1.78. The monoisotopic (exact) mass is 457 g/mol. The molecule has 176 valence electrons. The van der Waals surface area contributed by atoms with Gasteiger partial charge in [0, 0.05) is 30.6 Å². The molecule has 0 unspecified atom stereocenters. The summed E-state index contributed by atoms with van der Waals surface area (Å²) in [5, 5.41) is 11.8. The highest BCUT2D eigenvalue weighted by molar-refractivity contribution is 6.12. The second kappa shape index (κ2) is 10.8. The number of anilines is 2. The number of nitrogens with zero attached hydrogens (tertiary/aromatic N) is 5. The molecule has 9 nitrogen and oxygen atoms in total. The predicted octanol–water partition coefficient (Wildman–Crippen LogP) is 2.41. The van der Waals surface area contributed by atoms with E-state index in [0.29, 0.717) is 5.56 Å². The van der Waals surface area contributed by atoms with Gasteiger partial charge in [0.15, 0.2) is 17.5 Å². The molecule has 0 atom stereocenters. The van der Waals surface area contributed by atoms with Crippen molar-refractivity contribution in [2.75, 3.05) is 23.8 Å². The van der Waals surface area contributed by atoms with Gasteiger partial charge in [-0.1, -0.05) is 12.5 Å². The summed E-state index contributed by atoms with van der Waals surface area (Å²) in [5.74, 6) is 9.33. The molecule has 0 saturated carbocycles. The highest BCUT2D eigenvalue weighted by Crippen LogP contribution is 2.26. The average molecular weight is 458 g/mol. The number of nitrogens with one attached hydrogen (secondary N) is 1. The van der Waals surface area contributed by atoms with Gasteiger partial charge in [-0.25, -0.2) is 19.6 Å². The van der Waals surface area contributed by atoms with Crippen molar-refractivity contribution in [3.63, 3.8) is 0 Å². The number of pyridine rings is 1. The van der Waals surface area contributed by atoms with Crippen molar-refractivity contribution in [2.24, 2.45) is 23.8 Å². The summed E-state index contributed by atoms with van der Waals surface area (Å²) < 4.78 is 29.9. The van der Waals surface area contributed by atoms with E-state index in [1.54, 1.807) is 36.4 Å². The molecule has 7 N–H and O–H groups in total. The van der Waals surface area contributed by atoms with Crippen molar-refractivity contribution in [3.8, 4) is 11.1 Å². The highest BCUT2D eigenvalue weighted by atomic mass is 19.2. The van der Waals surface area contributed by atoms with Crippen molar-refractivity contribution in [3.05, 3.63) is 59.6 Å². The van der Waals surface area contributed by atoms with Gasteiger partial charge in [0.2, 0.25) is 0 Å². The van der Waals surface area contributed by atoms with Crippen LogP contribution in [0.4, 0.5) is 20.3 Å². The largest absolute Gasteiger partial charge is 0.383 e. The molecule has 11 heteroatoms. The number of nitrogen functional groups attached to an aromatic ring is 1. The molecule has 0 amide bonds. The molecule has 2 aromatic heterocycles. The van der Waals surface area contributed by atoms with Gasteiger partial charge in [0.05, 0.1) is 17.4 Å². The lowest BCUT2D eigenvalue weighted by atomic mass is 10.1. The third kappa shape index (κ3) is 5.62. The molecule has 1 saturated heterocycles. The Morgan fingerprint density at radius 1 is 1.12 bits per heavy atom. The van der Waals surface area contributed by atoms with Gasteiger partial charge in [-0.15, -0.1) is 0 Å². The Balaban J connectivity index is 0.000000442. The average Bonchev–Trinajstić information content (AvgIpc) is 3.27. The van der Waals surface area contributed by atoms with E-state index in [9.17, 15) is 8.78 Å². The number of nitrogens with two attached hydrogens (primary N) is 3. The van der Waals surface area contributed by atoms with Crippen molar-refractivity contribution in [2.45, 2.75) is 26.2 Å². The second-order valence-corrected chi connectivity index (χ2v) is 7.72. The molecule has 3 heterocycles. The van der Waals surface area contributed by atoms with Crippen LogP contribution >= 0.6 is 0 Å². The first-order chi connectivity index (χ1) is 15.8. The van der Waals surface area contributed by atoms with Crippen LogP contribution in [0.1, 0.15) is 30.4 Å². The minimum atomic E-state index is -1.12. The maximum Gasteiger partial charge on any atom is 0.184 e. The van der Waals surface area contributed by atoms with E-state index in [-0.39, 0.29) is 28.5 Å². The Bertz CT molecular complexity index is 1110. The number of aromatic nitrogens is 3. The van der Waals surface area contributed by atoms with Gasteiger partial charge in [-0.05, 0) is 50.6 Å². The smallest absolute Gasteiger partial charge is 0.184 e. The van der Waals surface area contributed by atoms with Crippen LogP contribution in [0.2, 0.25) is 0 Å². The lowest BCUT2D eigenvalue weighted by Gasteiger charge is -2.22. The molecular formula is C22H29F2N9. The third-order valence-electron chi connectivity index (χ3n) is 5.27. The van der Waals surface area contributed by atoms with E-state index in [4.69, 9.17) is 17.4 Å². The lowest BCUT2D eigenvalue weighted by molar-refractivity contribution is 0.503. The molecule has 0 bridgehead atoms. The summed E-state index contributed by atoms with van der Waals surface area (Å²) in [6.45, 7) is 3.94. The van der Waals surface area contributed by atoms with Gasteiger partial charge < -0.3 is 16.9 Å². The number of hydrazine groups is 1. The molecule has 4 rings (SSSR count). The van der Waals surface area contributed by atoms with Crippen LogP contribution in [0.15, 0.2) is 41.9 Å². The number of hydrogen-bond acceptors (Lipinski definition) is 7.